The number of carbonyl (C=O) groups excluding carboxylic acids is 4. The van der Waals surface area contributed by atoms with Gasteiger partial charge in [-0.25, -0.2) is 17.6 Å². The van der Waals surface area contributed by atoms with Gasteiger partial charge in [-0.05, 0) is 18.2 Å². The van der Waals surface area contributed by atoms with Crippen LogP contribution in [0.5, 0.6) is 0 Å². The maximum absolute atomic E-state index is 12.9. The van der Waals surface area contributed by atoms with E-state index in [0.29, 0.717) is 6.07 Å². The zero-order valence-corrected chi connectivity index (χ0v) is 12.5. The van der Waals surface area contributed by atoms with Gasteiger partial charge in [-0.15, -0.1) is 0 Å². The summed E-state index contributed by atoms with van der Waals surface area (Å²) in [5, 5.41) is 4.24. The predicted molar refractivity (Wildman–Crippen MR) is 78.6 cm³/mol. The van der Waals surface area contributed by atoms with Gasteiger partial charge < -0.3 is 10.6 Å². The van der Waals surface area contributed by atoms with E-state index in [2.05, 4.69) is 10.6 Å². The molecule has 0 aromatic heterocycles. The minimum Gasteiger partial charge on any atom is -0.318 e. The molecule has 6 nitrogen and oxygen atoms in total. The quantitative estimate of drug-likeness (QED) is 0.552. The first-order valence-electron chi connectivity index (χ1n) is 6.89. The maximum Gasteiger partial charge on any atom is 0.296 e. The molecule has 0 atom stereocenters. The molecule has 2 amide bonds. The summed E-state index contributed by atoms with van der Waals surface area (Å²) in [6.07, 6.45) is 0. The Balaban J connectivity index is 0.000000151. The smallest absolute Gasteiger partial charge is 0.296 e. The first-order valence-corrected chi connectivity index (χ1v) is 6.89. The van der Waals surface area contributed by atoms with Crippen LogP contribution in [0, 0.1) is 23.3 Å². The van der Waals surface area contributed by atoms with Crippen molar-refractivity contribution in [1.29, 1.82) is 0 Å². The summed E-state index contributed by atoms with van der Waals surface area (Å²) in [4.78, 5) is 43.4. The van der Waals surface area contributed by atoms with Crippen molar-refractivity contribution in [3.8, 4) is 0 Å². The number of halogens is 4. The molecule has 2 aromatic rings. The molecule has 26 heavy (non-hydrogen) atoms. The third-order valence-electron chi connectivity index (χ3n) is 3.54. The molecule has 0 radical (unpaired) electrons. The Morgan fingerprint density at radius 2 is 1.23 bits per heavy atom. The Kier molecular flexibility index (Phi) is 4.03. The summed E-state index contributed by atoms with van der Waals surface area (Å²) in [7, 11) is 0. The highest BCUT2D eigenvalue weighted by molar-refractivity contribution is 6.52. The number of fused-ring (bicyclic) bond motifs is 2. The number of hydrogen-bond acceptors (Lipinski definition) is 4. The van der Waals surface area contributed by atoms with Gasteiger partial charge in [0.05, 0.1) is 22.5 Å². The van der Waals surface area contributed by atoms with Crippen molar-refractivity contribution in [2.75, 3.05) is 10.6 Å². The fourth-order valence-electron chi connectivity index (χ4n) is 2.31. The summed E-state index contributed by atoms with van der Waals surface area (Å²) >= 11 is 0. The molecular weight excluding hydrogens is 360 g/mol. The molecule has 0 saturated heterocycles. The van der Waals surface area contributed by atoms with E-state index in [1.165, 1.54) is 0 Å². The van der Waals surface area contributed by atoms with Crippen molar-refractivity contribution >= 4 is 34.8 Å². The monoisotopic (exact) mass is 366 g/mol. The molecule has 0 unspecified atom stereocenters. The minimum atomic E-state index is -1.28. The normalized spacial score (nSPS) is 14.3. The highest BCUT2D eigenvalue weighted by atomic mass is 19.2. The second-order valence-corrected chi connectivity index (χ2v) is 5.16. The van der Waals surface area contributed by atoms with Gasteiger partial charge in [0.25, 0.3) is 23.4 Å². The average Bonchev–Trinajstić information content (AvgIpc) is 3.03. The Hall–Kier alpha value is -3.56. The number of Topliss-reactive ketones (excluding diaryl/α,β-unsaturated/α-hetero) is 2. The Morgan fingerprint density at radius 1 is 0.654 bits per heavy atom. The Labute approximate surface area is 141 Å². The zero-order valence-electron chi connectivity index (χ0n) is 12.5. The Morgan fingerprint density at radius 3 is 1.92 bits per heavy atom. The lowest BCUT2D eigenvalue weighted by Gasteiger charge is -1.97. The highest BCUT2D eigenvalue weighted by Crippen LogP contribution is 2.27. The SMILES string of the molecule is O=C1Nc2cc(F)c(F)cc2C1=O.O=C1Nc2ccc(F)c(F)c2C1=O. The fourth-order valence-corrected chi connectivity index (χ4v) is 2.31. The van der Waals surface area contributed by atoms with Gasteiger partial charge >= 0.3 is 0 Å². The van der Waals surface area contributed by atoms with Crippen LogP contribution in [0.3, 0.4) is 0 Å². The number of benzene rings is 2. The molecule has 0 spiro atoms. The van der Waals surface area contributed by atoms with Crippen molar-refractivity contribution in [3.63, 3.8) is 0 Å². The minimum absolute atomic E-state index is 0.0221. The van der Waals surface area contributed by atoms with Crippen LogP contribution in [0.15, 0.2) is 24.3 Å². The number of nitrogens with one attached hydrogen (secondary N) is 2. The van der Waals surface area contributed by atoms with Gasteiger partial charge in [0.15, 0.2) is 23.3 Å². The second kappa shape index (κ2) is 6.06. The molecule has 0 bridgehead atoms. The summed E-state index contributed by atoms with van der Waals surface area (Å²) < 4.78 is 50.7. The van der Waals surface area contributed by atoms with E-state index in [4.69, 9.17) is 0 Å². The molecule has 0 fully saturated rings. The molecular formula is C16H6F4N2O4. The molecule has 0 aliphatic carbocycles. The van der Waals surface area contributed by atoms with Crippen LogP contribution in [0.25, 0.3) is 0 Å². The van der Waals surface area contributed by atoms with Crippen LogP contribution in [0.2, 0.25) is 0 Å². The molecule has 2 N–H and O–H groups in total. The molecule has 2 heterocycles. The number of ketones is 2. The lowest BCUT2D eigenvalue weighted by molar-refractivity contribution is -0.112. The molecule has 2 aliphatic heterocycles. The third kappa shape index (κ3) is 2.70. The topological polar surface area (TPSA) is 92.3 Å². The highest BCUT2D eigenvalue weighted by Gasteiger charge is 2.32. The van der Waals surface area contributed by atoms with E-state index in [0.717, 1.165) is 18.2 Å². The van der Waals surface area contributed by atoms with E-state index < -0.39 is 52.2 Å². The van der Waals surface area contributed by atoms with Crippen LogP contribution in [-0.4, -0.2) is 23.4 Å². The van der Waals surface area contributed by atoms with E-state index in [-0.39, 0.29) is 16.9 Å². The number of amides is 2. The fraction of sp³-hybridized carbons (Fsp3) is 0. The molecule has 2 aromatic carbocycles. The summed E-state index contributed by atoms with van der Waals surface area (Å²) in [6.45, 7) is 0. The van der Waals surface area contributed by atoms with E-state index in [1.807, 2.05) is 0 Å². The van der Waals surface area contributed by atoms with E-state index in [9.17, 15) is 36.7 Å². The summed E-state index contributed by atoms with van der Waals surface area (Å²) in [5.74, 6) is -8.30. The van der Waals surface area contributed by atoms with Crippen molar-refractivity contribution < 1.29 is 36.7 Å². The third-order valence-corrected chi connectivity index (χ3v) is 3.54. The van der Waals surface area contributed by atoms with Gasteiger partial charge in [-0.3, -0.25) is 19.2 Å². The van der Waals surface area contributed by atoms with Crippen LogP contribution >= 0.6 is 0 Å². The van der Waals surface area contributed by atoms with E-state index in [1.54, 1.807) is 0 Å². The van der Waals surface area contributed by atoms with Crippen molar-refractivity contribution in [1.82, 2.24) is 0 Å². The molecule has 2 aliphatic rings. The average molecular weight is 366 g/mol. The van der Waals surface area contributed by atoms with Gasteiger partial charge in [0.2, 0.25) is 0 Å². The van der Waals surface area contributed by atoms with Crippen molar-refractivity contribution in [2.45, 2.75) is 0 Å². The molecule has 4 rings (SSSR count). The number of carbonyl (C=O) groups is 4. The second-order valence-electron chi connectivity index (χ2n) is 5.16. The van der Waals surface area contributed by atoms with E-state index >= 15 is 0 Å². The largest absolute Gasteiger partial charge is 0.318 e. The lowest BCUT2D eigenvalue weighted by Crippen LogP contribution is -2.13. The van der Waals surface area contributed by atoms with Crippen LogP contribution in [0.4, 0.5) is 28.9 Å². The van der Waals surface area contributed by atoms with Gasteiger partial charge in [0, 0.05) is 6.07 Å². The standard InChI is InChI=1S/2C8H3F2NO2/c9-4-1-3-6(2-5(4)10)11-8(13)7(3)12;9-3-1-2-4-5(6(3)10)7(12)8(13)11-4/h2*1-2H,(H,11,12,13). The van der Waals surface area contributed by atoms with Crippen LogP contribution in [-0.2, 0) is 9.59 Å². The lowest BCUT2D eigenvalue weighted by atomic mass is 10.1. The number of rotatable bonds is 0. The van der Waals surface area contributed by atoms with Crippen LogP contribution in [0.1, 0.15) is 20.7 Å². The van der Waals surface area contributed by atoms with Crippen molar-refractivity contribution in [3.05, 3.63) is 58.7 Å². The first kappa shape index (κ1) is 17.3. The van der Waals surface area contributed by atoms with Gasteiger partial charge in [-0.1, -0.05) is 0 Å². The van der Waals surface area contributed by atoms with Gasteiger partial charge in [-0.2, -0.15) is 0 Å². The predicted octanol–water partition coefficient (Wildman–Crippen LogP) is 2.20. The summed E-state index contributed by atoms with van der Waals surface area (Å²) in [5.41, 5.74) is -0.586. The molecule has 132 valence electrons. The molecule has 10 heteroatoms. The molecule has 0 saturated carbocycles. The maximum atomic E-state index is 12.9. The number of hydrogen-bond donors (Lipinski definition) is 2. The van der Waals surface area contributed by atoms with Gasteiger partial charge in [0.1, 0.15) is 0 Å². The summed E-state index contributed by atoms with van der Waals surface area (Å²) in [6, 6.07) is 3.50. The Bertz CT molecular complexity index is 1020. The zero-order chi connectivity index (χ0) is 19.2. The van der Waals surface area contributed by atoms with Crippen LogP contribution < -0.4 is 10.6 Å². The number of anilines is 2. The first-order chi connectivity index (χ1) is 12.2. The van der Waals surface area contributed by atoms with Crippen molar-refractivity contribution in [2.24, 2.45) is 0 Å².